The molecule has 1 aromatic heterocycles. The number of benzene rings is 2. The molecule has 0 unspecified atom stereocenters. The molecule has 3 rings (SSSR count). The molecular weight excluding hydrogens is 380 g/mol. The lowest BCUT2D eigenvalue weighted by Gasteiger charge is -2.01. The number of amides is 1. The Morgan fingerprint density at radius 1 is 1.22 bits per heavy atom. The highest BCUT2D eigenvalue weighted by atomic mass is 79.9. The molecule has 0 bridgehead atoms. The van der Waals surface area contributed by atoms with Gasteiger partial charge in [0.05, 0.1) is 17.2 Å². The molecule has 6 nitrogen and oxygen atoms in total. The highest BCUT2D eigenvalue weighted by Gasteiger charge is 2.06. The second-order valence-corrected chi connectivity index (χ2v) is 6.07. The number of H-pyrrole nitrogens is 2. The van der Waals surface area contributed by atoms with Gasteiger partial charge in [-0.05, 0) is 48.6 Å². The predicted octanol–water partition coefficient (Wildman–Crippen LogP) is 3.46. The first-order chi connectivity index (χ1) is 11.0. The van der Waals surface area contributed by atoms with E-state index in [0.717, 1.165) is 15.5 Å². The van der Waals surface area contributed by atoms with Gasteiger partial charge in [0.25, 0.3) is 5.91 Å². The number of imidazole rings is 1. The lowest BCUT2D eigenvalue weighted by molar-refractivity contribution is 0.0955. The van der Waals surface area contributed by atoms with Crippen molar-refractivity contribution in [1.82, 2.24) is 15.4 Å². The van der Waals surface area contributed by atoms with Gasteiger partial charge in [-0.15, -0.1) is 0 Å². The molecule has 0 radical (unpaired) electrons. The summed E-state index contributed by atoms with van der Waals surface area (Å²) >= 11 is 8.31. The molecule has 1 amide bonds. The molecule has 0 atom stereocenters. The largest absolute Gasteiger partial charge is 0.507 e. The number of halogens is 1. The van der Waals surface area contributed by atoms with E-state index in [0.29, 0.717) is 15.9 Å². The number of aromatic amines is 2. The Bertz CT molecular complexity index is 977. The van der Waals surface area contributed by atoms with Crippen molar-refractivity contribution in [3.05, 3.63) is 56.8 Å². The monoisotopic (exact) mass is 390 g/mol. The van der Waals surface area contributed by atoms with Crippen LogP contribution in [-0.2, 0) is 0 Å². The number of aromatic nitrogens is 2. The third-order valence-electron chi connectivity index (χ3n) is 3.14. The first kappa shape index (κ1) is 15.4. The number of nitrogens with one attached hydrogen (secondary N) is 3. The van der Waals surface area contributed by atoms with E-state index in [1.54, 1.807) is 30.3 Å². The molecule has 0 spiro atoms. The molecule has 116 valence electrons. The zero-order valence-corrected chi connectivity index (χ0v) is 14.0. The van der Waals surface area contributed by atoms with Gasteiger partial charge in [-0.2, -0.15) is 5.10 Å². The van der Waals surface area contributed by atoms with Crippen LogP contribution >= 0.6 is 28.1 Å². The standard InChI is InChI=1S/C15H11BrN4O2S/c16-10-2-4-13(21)9(5-10)7-17-20-14(22)8-1-3-11-12(6-8)19-15(23)18-11/h1-7,21H,(H,20,22)(H2,18,19,23)/b17-7-. The molecule has 0 aliphatic rings. The van der Waals surface area contributed by atoms with Crippen LogP contribution in [0.15, 0.2) is 46.0 Å². The van der Waals surface area contributed by atoms with Gasteiger partial charge in [-0.25, -0.2) is 5.43 Å². The van der Waals surface area contributed by atoms with Gasteiger partial charge in [-0.3, -0.25) is 4.79 Å². The molecule has 0 saturated heterocycles. The van der Waals surface area contributed by atoms with Crippen LogP contribution < -0.4 is 5.43 Å². The molecule has 3 aromatic rings. The van der Waals surface area contributed by atoms with E-state index in [1.165, 1.54) is 12.3 Å². The van der Waals surface area contributed by atoms with Crippen molar-refractivity contribution in [3.63, 3.8) is 0 Å². The number of hydrogen-bond acceptors (Lipinski definition) is 4. The fourth-order valence-electron chi connectivity index (χ4n) is 2.03. The Morgan fingerprint density at radius 3 is 2.83 bits per heavy atom. The average molecular weight is 391 g/mol. The topological polar surface area (TPSA) is 93.3 Å². The van der Waals surface area contributed by atoms with E-state index in [9.17, 15) is 9.90 Å². The summed E-state index contributed by atoms with van der Waals surface area (Å²) in [5.41, 5.74) is 4.93. The number of hydrogen-bond donors (Lipinski definition) is 4. The molecule has 23 heavy (non-hydrogen) atoms. The maximum atomic E-state index is 12.1. The summed E-state index contributed by atoms with van der Waals surface area (Å²) in [4.78, 5) is 18.0. The molecule has 0 aliphatic carbocycles. The van der Waals surface area contributed by atoms with E-state index in [2.05, 4.69) is 36.4 Å². The third kappa shape index (κ3) is 3.49. The van der Waals surface area contributed by atoms with Gasteiger partial charge in [-0.1, -0.05) is 15.9 Å². The van der Waals surface area contributed by atoms with Gasteiger partial charge in [0.15, 0.2) is 4.77 Å². The molecule has 1 heterocycles. The number of carbonyl (C=O) groups excluding carboxylic acids is 1. The van der Waals surface area contributed by atoms with Crippen LogP contribution in [0.4, 0.5) is 0 Å². The summed E-state index contributed by atoms with van der Waals surface area (Å²) in [6.45, 7) is 0. The van der Waals surface area contributed by atoms with Crippen molar-refractivity contribution in [3.8, 4) is 5.75 Å². The number of hydrazone groups is 1. The SMILES string of the molecule is O=C(N/N=C\c1cc(Br)ccc1O)c1ccc2[nH]c(=S)[nH]c2c1. The fourth-order valence-corrected chi connectivity index (χ4v) is 2.63. The normalized spacial score (nSPS) is 11.2. The number of carbonyl (C=O) groups is 1. The van der Waals surface area contributed by atoms with Crippen LogP contribution in [0.2, 0.25) is 0 Å². The molecule has 4 N–H and O–H groups in total. The van der Waals surface area contributed by atoms with Gasteiger partial charge in [0.1, 0.15) is 5.75 Å². The molecule has 8 heteroatoms. The van der Waals surface area contributed by atoms with Crippen LogP contribution in [0.1, 0.15) is 15.9 Å². The molecule has 0 aliphatic heterocycles. The maximum Gasteiger partial charge on any atom is 0.271 e. The number of phenolic OH excluding ortho intramolecular Hbond substituents is 1. The quantitative estimate of drug-likeness (QED) is 0.313. The van der Waals surface area contributed by atoms with Crippen molar-refractivity contribution < 1.29 is 9.90 Å². The van der Waals surface area contributed by atoms with E-state index >= 15 is 0 Å². The number of nitrogens with zero attached hydrogens (tertiary/aromatic N) is 1. The zero-order valence-electron chi connectivity index (χ0n) is 11.6. The zero-order chi connectivity index (χ0) is 16.4. The van der Waals surface area contributed by atoms with Crippen molar-refractivity contribution in [2.24, 2.45) is 5.10 Å². The summed E-state index contributed by atoms with van der Waals surface area (Å²) in [6.07, 6.45) is 1.38. The van der Waals surface area contributed by atoms with Gasteiger partial charge >= 0.3 is 0 Å². The lowest BCUT2D eigenvalue weighted by Crippen LogP contribution is -2.17. The highest BCUT2D eigenvalue weighted by molar-refractivity contribution is 9.10. The maximum absolute atomic E-state index is 12.1. The van der Waals surface area contributed by atoms with E-state index in [4.69, 9.17) is 12.2 Å². The summed E-state index contributed by atoms with van der Waals surface area (Å²) in [5, 5.41) is 13.6. The van der Waals surface area contributed by atoms with Gasteiger partial charge in [0, 0.05) is 15.6 Å². The van der Waals surface area contributed by atoms with Crippen LogP contribution in [0, 0.1) is 4.77 Å². The fraction of sp³-hybridized carbons (Fsp3) is 0. The van der Waals surface area contributed by atoms with Crippen LogP contribution in [-0.4, -0.2) is 27.2 Å². The van der Waals surface area contributed by atoms with Crippen LogP contribution in [0.3, 0.4) is 0 Å². The minimum atomic E-state index is -0.363. The highest BCUT2D eigenvalue weighted by Crippen LogP contribution is 2.20. The average Bonchev–Trinajstić information content (AvgIpc) is 2.89. The minimum absolute atomic E-state index is 0.0764. The lowest BCUT2D eigenvalue weighted by atomic mass is 10.2. The van der Waals surface area contributed by atoms with Crippen LogP contribution in [0.5, 0.6) is 5.75 Å². The Hall–Kier alpha value is -2.45. The van der Waals surface area contributed by atoms with Crippen LogP contribution in [0.25, 0.3) is 11.0 Å². The van der Waals surface area contributed by atoms with Gasteiger partial charge in [0.2, 0.25) is 0 Å². The summed E-state index contributed by atoms with van der Waals surface area (Å²) in [6, 6.07) is 10.1. The summed E-state index contributed by atoms with van der Waals surface area (Å²) in [5.74, 6) is -0.286. The van der Waals surface area contributed by atoms with Gasteiger partial charge < -0.3 is 15.1 Å². The third-order valence-corrected chi connectivity index (χ3v) is 3.83. The van der Waals surface area contributed by atoms with Crippen molar-refractivity contribution in [2.45, 2.75) is 0 Å². The number of fused-ring (bicyclic) bond motifs is 1. The van der Waals surface area contributed by atoms with E-state index < -0.39 is 0 Å². The smallest absolute Gasteiger partial charge is 0.271 e. The number of aromatic hydroxyl groups is 1. The molecular formula is C15H11BrN4O2S. The molecule has 0 saturated carbocycles. The van der Waals surface area contributed by atoms with E-state index in [-0.39, 0.29) is 11.7 Å². The van der Waals surface area contributed by atoms with Crippen molar-refractivity contribution in [2.75, 3.05) is 0 Å². The summed E-state index contributed by atoms with van der Waals surface area (Å²) < 4.78 is 1.30. The Balaban J connectivity index is 1.76. The van der Waals surface area contributed by atoms with E-state index in [1.807, 2.05) is 0 Å². The molecule has 0 fully saturated rings. The second kappa shape index (κ2) is 6.35. The molecule has 2 aromatic carbocycles. The first-order valence-corrected chi connectivity index (χ1v) is 7.77. The van der Waals surface area contributed by atoms with Crippen molar-refractivity contribution in [1.29, 1.82) is 0 Å². The second-order valence-electron chi connectivity index (χ2n) is 4.74. The Kier molecular flexibility index (Phi) is 4.26. The Labute approximate surface area is 144 Å². The minimum Gasteiger partial charge on any atom is -0.507 e. The number of phenols is 1. The summed E-state index contributed by atoms with van der Waals surface area (Å²) in [7, 11) is 0. The first-order valence-electron chi connectivity index (χ1n) is 6.57. The Morgan fingerprint density at radius 2 is 2.00 bits per heavy atom. The predicted molar refractivity (Wildman–Crippen MR) is 94.4 cm³/mol. The number of rotatable bonds is 3. The van der Waals surface area contributed by atoms with Crippen molar-refractivity contribution >= 4 is 51.3 Å².